The molecule has 6 nitrogen and oxygen atoms in total. The van der Waals surface area contributed by atoms with Crippen LogP contribution in [0.3, 0.4) is 0 Å². The Kier molecular flexibility index (Phi) is 4.24. The Morgan fingerprint density at radius 1 is 1.28 bits per heavy atom. The number of carbonyl (C=O) groups excluding carboxylic acids is 1. The lowest BCUT2D eigenvalue weighted by Crippen LogP contribution is -2.55. The molecule has 104 valence electrons. The first kappa shape index (κ1) is 13.8. The summed E-state index contributed by atoms with van der Waals surface area (Å²) in [7, 11) is -2.86. The fraction of sp³-hybridized carbons (Fsp3) is 0.909. The Balaban J connectivity index is 1.84. The highest BCUT2D eigenvalue weighted by Gasteiger charge is 2.27. The summed E-state index contributed by atoms with van der Waals surface area (Å²) in [6.45, 7) is 5.75. The molecule has 2 heterocycles. The molecule has 0 aromatic rings. The maximum Gasteiger partial charge on any atom is 0.237 e. The lowest BCUT2D eigenvalue weighted by Gasteiger charge is -2.36. The van der Waals surface area contributed by atoms with Crippen molar-refractivity contribution in [1.29, 1.82) is 0 Å². The van der Waals surface area contributed by atoms with E-state index in [1.165, 1.54) is 0 Å². The minimum absolute atomic E-state index is 0.114. The van der Waals surface area contributed by atoms with Gasteiger partial charge in [0.05, 0.1) is 18.1 Å². The Morgan fingerprint density at radius 3 is 2.56 bits per heavy atom. The van der Waals surface area contributed by atoms with Gasteiger partial charge in [-0.3, -0.25) is 9.69 Å². The number of nitrogens with one attached hydrogen (secondary N) is 1. The molecule has 0 spiro atoms. The van der Waals surface area contributed by atoms with Gasteiger partial charge in [-0.05, 0) is 6.92 Å². The molecule has 2 saturated heterocycles. The van der Waals surface area contributed by atoms with Crippen molar-refractivity contribution in [2.75, 3.05) is 50.8 Å². The van der Waals surface area contributed by atoms with E-state index in [2.05, 4.69) is 5.32 Å². The van der Waals surface area contributed by atoms with E-state index < -0.39 is 9.84 Å². The Bertz CT molecular complexity index is 396. The molecule has 0 radical (unpaired) electrons. The van der Waals surface area contributed by atoms with Crippen molar-refractivity contribution in [2.24, 2.45) is 0 Å². The van der Waals surface area contributed by atoms with E-state index in [9.17, 15) is 13.2 Å². The largest absolute Gasteiger partial charge is 0.336 e. The van der Waals surface area contributed by atoms with Crippen LogP contribution in [0, 0.1) is 0 Å². The van der Waals surface area contributed by atoms with E-state index in [1.54, 1.807) is 0 Å². The molecule has 0 bridgehead atoms. The van der Waals surface area contributed by atoms with Gasteiger partial charge >= 0.3 is 0 Å². The third-order valence-electron chi connectivity index (χ3n) is 3.62. The third kappa shape index (κ3) is 3.43. The summed E-state index contributed by atoms with van der Waals surface area (Å²) in [6.07, 6.45) is 0. The van der Waals surface area contributed by atoms with Gasteiger partial charge in [-0.15, -0.1) is 0 Å². The first-order chi connectivity index (χ1) is 8.48. The molecule has 18 heavy (non-hydrogen) atoms. The van der Waals surface area contributed by atoms with Gasteiger partial charge in [0.15, 0.2) is 9.84 Å². The number of rotatable bonds is 2. The molecule has 0 saturated carbocycles. The van der Waals surface area contributed by atoms with Crippen LogP contribution in [0.4, 0.5) is 0 Å². The highest BCUT2D eigenvalue weighted by molar-refractivity contribution is 7.91. The highest BCUT2D eigenvalue weighted by Crippen LogP contribution is 2.07. The monoisotopic (exact) mass is 275 g/mol. The van der Waals surface area contributed by atoms with Crippen LogP contribution in [0.25, 0.3) is 0 Å². The number of hydrogen-bond donors (Lipinski definition) is 1. The maximum atomic E-state index is 12.1. The smallest absolute Gasteiger partial charge is 0.237 e. The summed E-state index contributed by atoms with van der Waals surface area (Å²) in [5.74, 6) is 0.470. The van der Waals surface area contributed by atoms with Crippen LogP contribution >= 0.6 is 0 Å². The molecule has 2 rings (SSSR count). The van der Waals surface area contributed by atoms with Crippen molar-refractivity contribution in [1.82, 2.24) is 15.1 Å². The van der Waals surface area contributed by atoms with E-state index in [0.29, 0.717) is 19.6 Å². The van der Waals surface area contributed by atoms with Gasteiger partial charge in [0.25, 0.3) is 0 Å². The summed E-state index contributed by atoms with van der Waals surface area (Å²) in [6, 6.07) is 0.222. The molecule has 0 aromatic heterocycles. The van der Waals surface area contributed by atoms with Crippen molar-refractivity contribution in [3.63, 3.8) is 0 Å². The summed E-state index contributed by atoms with van der Waals surface area (Å²) in [5.41, 5.74) is 0. The van der Waals surface area contributed by atoms with E-state index >= 15 is 0 Å². The molecule has 2 fully saturated rings. The molecule has 7 heteroatoms. The van der Waals surface area contributed by atoms with Crippen molar-refractivity contribution in [3.05, 3.63) is 0 Å². The first-order valence-electron chi connectivity index (χ1n) is 6.41. The molecule has 1 amide bonds. The zero-order valence-electron chi connectivity index (χ0n) is 10.8. The number of nitrogens with zero attached hydrogens (tertiary/aromatic N) is 2. The van der Waals surface area contributed by atoms with E-state index in [0.717, 1.165) is 19.6 Å². The molecule has 0 aliphatic carbocycles. The van der Waals surface area contributed by atoms with E-state index in [4.69, 9.17) is 0 Å². The van der Waals surface area contributed by atoms with Gasteiger partial charge < -0.3 is 10.2 Å². The number of sulfone groups is 1. The van der Waals surface area contributed by atoms with Crippen LogP contribution < -0.4 is 5.32 Å². The molecule has 2 aliphatic rings. The minimum atomic E-state index is -2.86. The van der Waals surface area contributed by atoms with Crippen molar-refractivity contribution in [3.8, 4) is 0 Å². The van der Waals surface area contributed by atoms with E-state index in [1.807, 2.05) is 16.7 Å². The fourth-order valence-electron chi connectivity index (χ4n) is 2.40. The standard InChI is InChI=1S/C11H21N3O3S/c1-10-8-12-2-3-14(10)11(15)9-13-4-6-18(16,17)7-5-13/h10,12H,2-9H2,1H3/t10-/m1/s1. The number of hydrogen-bond acceptors (Lipinski definition) is 5. The molecule has 0 unspecified atom stereocenters. The number of carbonyl (C=O) groups is 1. The van der Waals surface area contributed by atoms with Crippen LogP contribution in [-0.2, 0) is 14.6 Å². The number of amides is 1. The van der Waals surface area contributed by atoms with Crippen LogP contribution in [0.1, 0.15) is 6.92 Å². The predicted octanol–water partition coefficient (Wildman–Crippen LogP) is -1.46. The van der Waals surface area contributed by atoms with Gasteiger partial charge in [0.1, 0.15) is 0 Å². The molecular weight excluding hydrogens is 254 g/mol. The van der Waals surface area contributed by atoms with Crippen molar-refractivity contribution < 1.29 is 13.2 Å². The fourth-order valence-corrected chi connectivity index (χ4v) is 3.68. The highest BCUT2D eigenvalue weighted by atomic mass is 32.2. The van der Waals surface area contributed by atoms with Gasteiger partial charge in [-0.25, -0.2) is 8.42 Å². The normalized spacial score (nSPS) is 29.2. The Morgan fingerprint density at radius 2 is 1.94 bits per heavy atom. The van der Waals surface area contributed by atoms with Crippen molar-refractivity contribution in [2.45, 2.75) is 13.0 Å². The minimum Gasteiger partial charge on any atom is -0.336 e. The third-order valence-corrected chi connectivity index (χ3v) is 5.23. The summed E-state index contributed by atoms with van der Waals surface area (Å²) < 4.78 is 22.6. The second kappa shape index (κ2) is 5.54. The zero-order valence-corrected chi connectivity index (χ0v) is 11.6. The van der Waals surface area contributed by atoms with E-state index in [-0.39, 0.29) is 23.5 Å². The SMILES string of the molecule is C[C@@H]1CNCCN1C(=O)CN1CCS(=O)(=O)CC1. The zero-order chi connectivity index (χ0) is 13.2. The number of piperazine rings is 1. The first-order valence-corrected chi connectivity index (χ1v) is 8.23. The van der Waals surface area contributed by atoms with Crippen molar-refractivity contribution >= 4 is 15.7 Å². The molecular formula is C11H21N3O3S. The lowest BCUT2D eigenvalue weighted by atomic mass is 10.2. The second-order valence-corrected chi connectivity index (χ2v) is 7.37. The molecule has 1 N–H and O–H groups in total. The van der Waals surface area contributed by atoms with Gasteiger partial charge in [-0.2, -0.15) is 0 Å². The second-order valence-electron chi connectivity index (χ2n) is 5.07. The summed E-state index contributed by atoms with van der Waals surface area (Å²) >= 11 is 0. The maximum absolute atomic E-state index is 12.1. The Labute approximate surface area is 108 Å². The summed E-state index contributed by atoms with van der Waals surface area (Å²) in [4.78, 5) is 16.0. The summed E-state index contributed by atoms with van der Waals surface area (Å²) in [5, 5.41) is 3.25. The lowest BCUT2D eigenvalue weighted by molar-refractivity contribution is -0.135. The predicted molar refractivity (Wildman–Crippen MR) is 69.1 cm³/mol. The average molecular weight is 275 g/mol. The quantitative estimate of drug-likeness (QED) is 0.667. The van der Waals surface area contributed by atoms with Gasteiger partial charge in [-0.1, -0.05) is 0 Å². The average Bonchev–Trinajstić information content (AvgIpc) is 2.32. The van der Waals surface area contributed by atoms with Gasteiger partial charge in [0.2, 0.25) is 5.91 Å². The van der Waals surface area contributed by atoms with Crippen LogP contribution in [0.5, 0.6) is 0 Å². The molecule has 1 atom stereocenters. The van der Waals surface area contributed by atoms with Crippen LogP contribution in [0.2, 0.25) is 0 Å². The van der Waals surface area contributed by atoms with Crippen LogP contribution in [-0.4, -0.2) is 80.9 Å². The topological polar surface area (TPSA) is 69.7 Å². The molecule has 0 aromatic carbocycles. The van der Waals surface area contributed by atoms with Crippen LogP contribution in [0.15, 0.2) is 0 Å². The van der Waals surface area contributed by atoms with Gasteiger partial charge in [0, 0.05) is 38.8 Å². The Hall–Kier alpha value is -0.660. The molecule has 2 aliphatic heterocycles.